The highest BCUT2D eigenvalue weighted by atomic mass is 16.1. The lowest BCUT2D eigenvalue weighted by Gasteiger charge is -2.01. The molecule has 0 aliphatic carbocycles. The average molecular weight is 189 g/mol. The zero-order valence-corrected chi connectivity index (χ0v) is 8.11. The number of nitrogens with one attached hydrogen (secondary N) is 1. The van der Waals surface area contributed by atoms with Gasteiger partial charge in [-0.25, -0.2) is 9.97 Å². The van der Waals surface area contributed by atoms with Crippen LogP contribution >= 0.6 is 0 Å². The van der Waals surface area contributed by atoms with Crippen LogP contribution in [0.15, 0.2) is 12.4 Å². The van der Waals surface area contributed by atoms with Crippen LogP contribution in [0.1, 0.15) is 35.9 Å². The van der Waals surface area contributed by atoms with Gasteiger partial charge in [0.2, 0.25) is 0 Å². The summed E-state index contributed by atoms with van der Waals surface area (Å²) < 4.78 is 0. The lowest BCUT2D eigenvalue weighted by molar-refractivity contribution is 0.112. The standard InChI is InChI=1S/C10H11N3O/c1-6(2)9-12-4-8-7(5-14)3-11-10(8)13-9/h3-6H,1-2H3,(H,11,12,13). The van der Waals surface area contributed by atoms with E-state index in [1.165, 1.54) is 0 Å². The molecule has 0 aromatic carbocycles. The Morgan fingerprint density at radius 1 is 1.50 bits per heavy atom. The number of rotatable bonds is 2. The highest BCUT2D eigenvalue weighted by Gasteiger charge is 2.07. The quantitative estimate of drug-likeness (QED) is 0.734. The Morgan fingerprint density at radius 2 is 2.29 bits per heavy atom. The zero-order chi connectivity index (χ0) is 10.1. The van der Waals surface area contributed by atoms with E-state index in [0.29, 0.717) is 11.5 Å². The third-order valence-electron chi connectivity index (χ3n) is 2.13. The van der Waals surface area contributed by atoms with E-state index < -0.39 is 0 Å². The van der Waals surface area contributed by atoms with Gasteiger partial charge in [-0.1, -0.05) is 13.8 Å². The Kier molecular flexibility index (Phi) is 2.04. The Bertz CT molecular complexity index is 473. The molecule has 0 saturated heterocycles. The molecule has 1 N–H and O–H groups in total. The number of H-pyrrole nitrogens is 1. The summed E-state index contributed by atoms with van der Waals surface area (Å²) in [6, 6.07) is 0. The highest BCUT2D eigenvalue weighted by molar-refractivity contribution is 5.95. The maximum Gasteiger partial charge on any atom is 0.152 e. The molecule has 0 fully saturated rings. The largest absolute Gasteiger partial charge is 0.345 e. The number of fused-ring (bicyclic) bond motifs is 1. The third-order valence-corrected chi connectivity index (χ3v) is 2.13. The minimum Gasteiger partial charge on any atom is -0.345 e. The fourth-order valence-corrected chi connectivity index (χ4v) is 1.32. The van der Waals surface area contributed by atoms with Crippen molar-refractivity contribution in [3.63, 3.8) is 0 Å². The number of nitrogens with zero attached hydrogens (tertiary/aromatic N) is 2. The summed E-state index contributed by atoms with van der Waals surface area (Å²) in [5.74, 6) is 1.08. The zero-order valence-electron chi connectivity index (χ0n) is 8.11. The number of aldehydes is 1. The molecule has 0 aliphatic heterocycles. The second-order valence-electron chi connectivity index (χ2n) is 3.51. The van der Waals surface area contributed by atoms with Crippen molar-refractivity contribution in [2.45, 2.75) is 19.8 Å². The fourth-order valence-electron chi connectivity index (χ4n) is 1.32. The molecular weight excluding hydrogens is 178 g/mol. The second-order valence-corrected chi connectivity index (χ2v) is 3.51. The first-order chi connectivity index (χ1) is 6.72. The molecule has 4 heteroatoms. The van der Waals surface area contributed by atoms with Gasteiger partial charge in [0.25, 0.3) is 0 Å². The van der Waals surface area contributed by atoms with Crippen molar-refractivity contribution in [3.8, 4) is 0 Å². The fraction of sp³-hybridized carbons (Fsp3) is 0.300. The molecular formula is C10H11N3O. The van der Waals surface area contributed by atoms with E-state index in [4.69, 9.17) is 0 Å². The Labute approximate surface area is 81.4 Å². The molecule has 0 bridgehead atoms. The first-order valence-electron chi connectivity index (χ1n) is 4.51. The normalized spacial score (nSPS) is 11.1. The number of aromatic amines is 1. The lowest BCUT2D eigenvalue weighted by Crippen LogP contribution is -1.96. The second kappa shape index (κ2) is 3.21. The predicted molar refractivity (Wildman–Crippen MR) is 53.4 cm³/mol. The van der Waals surface area contributed by atoms with Gasteiger partial charge in [-0.05, 0) is 0 Å². The summed E-state index contributed by atoms with van der Waals surface area (Å²) in [7, 11) is 0. The van der Waals surface area contributed by atoms with E-state index in [-0.39, 0.29) is 0 Å². The molecule has 0 unspecified atom stereocenters. The van der Waals surface area contributed by atoms with Crippen LogP contribution in [0, 0.1) is 0 Å². The van der Waals surface area contributed by atoms with E-state index in [1.54, 1.807) is 12.4 Å². The molecule has 2 rings (SSSR count). The van der Waals surface area contributed by atoms with Gasteiger partial charge in [-0.15, -0.1) is 0 Å². The van der Waals surface area contributed by atoms with E-state index in [0.717, 1.165) is 23.1 Å². The van der Waals surface area contributed by atoms with E-state index in [9.17, 15) is 4.79 Å². The smallest absolute Gasteiger partial charge is 0.152 e. The molecule has 2 aromatic rings. The van der Waals surface area contributed by atoms with E-state index in [1.807, 2.05) is 13.8 Å². The van der Waals surface area contributed by atoms with Crippen LogP contribution in [-0.2, 0) is 0 Å². The molecule has 0 aliphatic rings. The van der Waals surface area contributed by atoms with Crippen molar-refractivity contribution < 1.29 is 4.79 Å². The molecule has 72 valence electrons. The summed E-state index contributed by atoms with van der Waals surface area (Å²) in [5, 5.41) is 0.782. The van der Waals surface area contributed by atoms with Gasteiger partial charge in [-0.2, -0.15) is 0 Å². The maximum absolute atomic E-state index is 10.6. The highest BCUT2D eigenvalue weighted by Crippen LogP contribution is 2.16. The lowest BCUT2D eigenvalue weighted by atomic mass is 10.2. The summed E-state index contributed by atoms with van der Waals surface area (Å²) >= 11 is 0. The van der Waals surface area contributed by atoms with Crippen LogP contribution in [0.3, 0.4) is 0 Å². The Morgan fingerprint density at radius 3 is 2.93 bits per heavy atom. The summed E-state index contributed by atoms with van der Waals surface area (Å²) in [4.78, 5) is 22.1. The van der Waals surface area contributed by atoms with Crippen molar-refractivity contribution in [3.05, 3.63) is 23.8 Å². The van der Waals surface area contributed by atoms with Gasteiger partial charge < -0.3 is 4.98 Å². The maximum atomic E-state index is 10.6. The molecule has 0 radical (unpaired) electrons. The minimum absolute atomic E-state index is 0.294. The summed E-state index contributed by atoms with van der Waals surface area (Å²) in [5.41, 5.74) is 1.33. The monoisotopic (exact) mass is 189 g/mol. The Hall–Kier alpha value is -1.71. The van der Waals surface area contributed by atoms with Crippen LogP contribution in [0.2, 0.25) is 0 Å². The van der Waals surface area contributed by atoms with Crippen molar-refractivity contribution in [1.29, 1.82) is 0 Å². The van der Waals surface area contributed by atoms with Crippen LogP contribution < -0.4 is 0 Å². The molecule has 2 aromatic heterocycles. The molecule has 2 heterocycles. The Balaban J connectivity index is 2.63. The van der Waals surface area contributed by atoms with Gasteiger partial charge in [0.05, 0.1) is 0 Å². The number of hydrogen-bond donors (Lipinski definition) is 1. The van der Waals surface area contributed by atoms with Gasteiger partial charge in [0, 0.05) is 29.3 Å². The van der Waals surface area contributed by atoms with Crippen molar-refractivity contribution in [2.24, 2.45) is 0 Å². The topological polar surface area (TPSA) is 58.6 Å². The molecule has 0 amide bonds. The number of hydrogen-bond acceptors (Lipinski definition) is 3. The van der Waals surface area contributed by atoms with Gasteiger partial charge in [0.15, 0.2) is 6.29 Å². The summed E-state index contributed by atoms with van der Waals surface area (Å²) in [6.07, 6.45) is 4.14. The van der Waals surface area contributed by atoms with Gasteiger partial charge >= 0.3 is 0 Å². The number of aromatic nitrogens is 3. The van der Waals surface area contributed by atoms with Gasteiger partial charge in [0.1, 0.15) is 11.5 Å². The molecule has 0 spiro atoms. The van der Waals surface area contributed by atoms with Crippen molar-refractivity contribution >= 4 is 17.3 Å². The first kappa shape index (κ1) is 8.87. The minimum atomic E-state index is 0.294. The molecule has 14 heavy (non-hydrogen) atoms. The SMILES string of the molecule is CC(C)c1ncc2c(C=O)c[nH]c2n1. The first-order valence-corrected chi connectivity index (χ1v) is 4.51. The van der Waals surface area contributed by atoms with Crippen molar-refractivity contribution in [2.75, 3.05) is 0 Å². The molecule has 0 atom stereocenters. The van der Waals surface area contributed by atoms with Crippen LogP contribution in [-0.4, -0.2) is 21.2 Å². The van der Waals surface area contributed by atoms with Crippen molar-refractivity contribution in [1.82, 2.24) is 15.0 Å². The van der Waals surface area contributed by atoms with E-state index >= 15 is 0 Å². The van der Waals surface area contributed by atoms with Gasteiger partial charge in [-0.3, -0.25) is 4.79 Å². The average Bonchev–Trinajstić information content (AvgIpc) is 2.59. The molecule has 0 saturated carbocycles. The number of carbonyl (C=O) groups excluding carboxylic acids is 1. The van der Waals surface area contributed by atoms with E-state index in [2.05, 4.69) is 15.0 Å². The third kappa shape index (κ3) is 1.28. The molecule has 4 nitrogen and oxygen atoms in total. The van der Waals surface area contributed by atoms with Crippen LogP contribution in [0.25, 0.3) is 11.0 Å². The number of carbonyl (C=O) groups is 1. The van der Waals surface area contributed by atoms with Crippen LogP contribution in [0.4, 0.5) is 0 Å². The van der Waals surface area contributed by atoms with Crippen LogP contribution in [0.5, 0.6) is 0 Å². The predicted octanol–water partition coefficient (Wildman–Crippen LogP) is 1.89. The summed E-state index contributed by atoms with van der Waals surface area (Å²) in [6.45, 7) is 4.06.